The second-order valence-electron chi connectivity index (χ2n) is 8.11. The molecule has 3 nitrogen and oxygen atoms in total. The Morgan fingerprint density at radius 1 is 1.00 bits per heavy atom. The van der Waals surface area contributed by atoms with Gasteiger partial charge in [0.2, 0.25) is 11.6 Å². The fraction of sp³-hybridized carbons (Fsp3) is 0.652. The standard InChI is InChI=1S/C23H30F4O3/c1-3-5-18-11-8-16(14-29-18)15-6-9-17(10-7-15)23(26,27)30-20-13-12-19(28-4-2)21(24)22(20)25/h12-15,17-18H,3-11H2,1-2H3. The first kappa shape index (κ1) is 22.8. The Morgan fingerprint density at radius 2 is 1.67 bits per heavy atom. The minimum atomic E-state index is -3.57. The third kappa shape index (κ3) is 5.22. The number of allylic oxidation sites excluding steroid dienone is 1. The topological polar surface area (TPSA) is 27.7 Å². The highest BCUT2D eigenvalue weighted by atomic mass is 19.3. The van der Waals surface area contributed by atoms with E-state index in [4.69, 9.17) is 9.47 Å². The summed E-state index contributed by atoms with van der Waals surface area (Å²) in [5.41, 5.74) is 1.20. The van der Waals surface area contributed by atoms with Gasteiger partial charge in [-0.3, -0.25) is 0 Å². The van der Waals surface area contributed by atoms with Gasteiger partial charge in [0.1, 0.15) is 0 Å². The van der Waals surface area contributed by atoms with Gasteiger partial charge in [0.15, 0.2) is 11.5 Å². The lowest BCUT2D eigenvalue weighted by Gasteiger charge is -2.35. The van der Waals surface area contributed by atoms with Gasteiger partial charge >= 0.3 is 6.11 Å². The van der Waals surface area contributed by atoms with Crippen molar-refractivity contribution in [2.24, 2.45) is 11.8 Å². The molecular formula is C23H30F4O3. The van der Waals surface area contributed by atoms with Gasteiger partial charge in [-0.15, -0.1) is 0 Å². The average molecular weight is 430 g/mol. The first-order valence-electron chi connectivity index (χ1n) is 10.9. The number of halogens is 4. The Bertz CT molecular complexity index is 742. The first-order chi connectivity index (χ1) is 14.4. The lowest BCUT2D eigenvalue weighted by molar-refractivity contribution is -0.224. The number of benzene rings is 1. The van der Waals surface area contributed by atoms with Crippen LogP contribution in [-0.2, 0) is 4.74 Å². The first-order valence-corrected chi connectivity index (χ1v) is 10.9. The largest absolute Gasteiger partial charge is 0.498 e. The molecule has 1 aromatic carbocycles. The normalized spacial score (nSPS) is 24.7. The molecule has 0 aromatic heterocycles. The van der Waals surface area contributed by atoms with Gasteiger partial charge in [-0.05, 0) is 75.5 Å². The van der Waals surface area contributed by atoms with Crippen molar-refractivity contribution in [3.63, 3.8) is 0 Å². The van der Waals surface area contributed by atoms with E-state index < -0.39 is 29.4 Å². The average Bonchev–Trinajstić information content (AvgIpc) is 2.74. The molecule has 2 aliphatic rings. The van der Waals surface area contributed by atoms with Crippen LogP contribution in [0.1, 0.15) is 65.2 Å². The molecule has 168 valence electrons. The van der Waals surface area contributed by atoms with Gasteiger partial charge in [0, 0.05) is 0 Å². The fourth-order valence-electron chi connectivity index (χ4n) is 4.36. The molecule has 1 aliphatic carbocycles. The van der Waals surface area contributed by atoms with Crippen molar-refractivity contribution >= 4 is 0 Å². The van der Waals surface area contributed by atoms with E-state index in [0.29, 0.717) is 12.8 Å². The van der Waals surface area contributed by atoms with Gasteiger partial charge < -0.3 is 14.2 Å². The highest BCUT2D eigenvalue weighted by Crippen LogP contribution is 2.44. The van der Waals surface area contributed by atoms with Crippen LogP contribution in [0.15, 0.2) is 24.0 Å². The molecule has 1 fully saturated rings. The molecule has 0 amide bonds. The molecule has 7 heteroatoms. The van der Waals surface area contributed by atoms with E-state index in [1.54, 1.807) is 6.92 Å². The zero-order chi connectivity index (χ0) is 21.7. The van der Waals surface area contributed by atoms with Crippen molar-refractivity contribution in [3.8, 4) is 11.5 Å². The van der Waals surface area contributed by atoms with E-state index in [0.717, 1.165) is 37.8 Å². The summed E-state index contributed by atoms with van der Waals surface area (Å²) in [4.78, 5) is 0. The van der Waals surface area contributed by atoms with Crippen LogP contribution in [0.3, 0.4) is 0 Å². The minimum absolute atomic E-state index is 0.136. The number of alkyl halides is 2. The van der Waals surface area contributed by atoms with Crippen molar-refractivity contribution in [1.82, 2.24) is 0 Å². The van der Waals surface area contributed by atoms with Crippen LogP contribution in [0, 0.1) is 23.5 Å². The van der Waals surface area contributed by atoms with E-state index in [2.05, 4.69) is 11.7 Å². The van der Waals surface area contributed by atoms with Crippen LogP contribution in [0.2, 0.25) is 0 Å². The minimum Gasteiger partial charge on any atom is -0.498 e. The third-order valence-corrected chi connectivity index (χ3v) is 6.06. The predicted molar refractivity (Wildman–Crippen MR) is 106 cm³/mol. The van der Waals surface area contributed by atoms with Gasteiger partial charge in [-0.1, -0.05) is 13.3 Å². The molecule has 1 atom stereocenters. The molecule has 1 aliphatic heterocycles. The summed E-state index contributed by atoms with van der Waals surface area (Å²) in [6.45, 7) is 3.88. The van der Waals surface area contributed by atoms with Crippen LogP contribution in [0.4, 0.5) is 17.6 Å². The molecule has 1 unspecified atom stereocenters. The van der Waals surface area contributed by atoms with Crippen molar-refractivity contribution in [2.75, 3.05) is 6.61 Å². The quantitative estimate of drug-likeness (QED) is 0.416. The summed E-state index contributed by atoms with van der Waals surface area (Å²) in [6.07, 6.45) is 4.28. The smallest absolute Gasteiger partial charge is 0.400 e. The molecule has 1 aromatic rings. The van der Waals surface area contributed by atoms with Crippen molar-refractivity contribution in [2.45, 2.75) is 77.4 Å². The van der Waals surface area contributed by atoms with Gasteiger partial charge in [0.25, 0.3) is 0 Å². The van der Waals surface area contributed by atoms with Crippen molar-refractivity contribution in [1.29, 1.82) is 0 Å². The lowest BCUT2D eigenvalue weighted by atomic mass is 9.76. The molecular weight excluding hydrogens is 400 g/mol. The second kappa shape index (κ2) is 9.92. The molecule has 3 rings (SSSR count). The van der Waals surface area contributed by atoms with Crippen LogP contribution < -0.4 is 9.47 Å². The summed E-state index contributed by atoms with van der Waals surface area (Å²) in [7, 11) is 0. The van der Waals surface area contributed by atoms with Crippen LogP contribution in [-0.4, -0.2) is 18.8 Å². The maximum Gasteiger partial charge on any atom is 0.400 e. The molecule has 0 bridgehead atoms. The highest BCUT2D eigenvalue weighted by Gasteiger charge is 2.45. The molecule has 0 saturated heterocycles. The summed E-state index contributed by atoms with van der Waals surface area (Å²) < 4.78 is 72.8. The summed E-state index contributed by atoms with van der Waals surface area (Å²) in [6, 6.07) is 2.09. The Hall–Kier alpha value is -1.92. The van der Waals surface area contributed by atoms with Crippen LogP contribution >= 0.6 is 0 Å². The molecule has 1 heterocycles. The highest BCUT2D eigenvalue weighted by molar-refractivity contribution is 5.35. The number of hydrogen-bond acceptors (Lipinski definition) is 3. The Balaban J connectivity index is 1.58. The monoisotopic (exact) mass is 430 g/mol. The summed E-state index contributed by atoms with van der Waals surface area (Å²) in [5, 5.41) is 0. The number of ether oxygens (including phenoxy) is 3. The van der Waals surface area contributed by atoms with Gasteiger partial charge in [0.05, 0.1) is 24.9 Å². The SMILES string of the molecule is CCCC1CCC(C2CCC(C(F)(F)Oc3ccc(OCC)c(F)c3F)CC2)=CO1. The maximum absolute atomic E-state index is 14.7. The van der Waals surface area contributed by atoms with Crippen molar-refractivity contribution < 1.29 is 31.8 Å². The molecule has 0 radical (unpaired) electrons. The van der Waals surface area contributed by atoms with Crippen LogP contribution in [0.5, 0.6) is 11.5 Å². The Kier molecular flexibility index (Phi) is 7.53. The van der Waals surface area contributed by atoms with Gasteiger partial charge in [-0.25, -0.2) is 0 Å². The van der Waals surface area contributed by atoms with Crippen LogP contribution in [0.25, 0.3) is 0 Å². The van der Waals surface area contributed by atoms with E-state index in [1.807, 2.05) is 6.26 Å². The molecule has 1 saturated carbocycles. The maximum atomic E-state index is 14.7. The molecule has 30 heavy (non-hydrogen) atoms. The van der Waals surface area contributed by atoms with Gasteiger partial charge in [-0.2, -0.15) is 17.6 Å². The molecule has 0 spiro atoms. The lowest BCUT2D eigenvalue weighted by Crippen LogP contribution is -2.37. The predicted octanol–water partition coefficient (Wildman–Crippen LogP) is 7.00. The van der Waals surface area contributed by atoms with Crippen molar-refractivity contribution in [3.05, 3.63) is 35.6 Å². The zero-order valence-electron chi connectivity index (χ0n) is 17.6. The Labute approximate surface area is 175 Å². The fourth-order valence-corrected chi connectivity index (χ4v) is 4.36. The number of hydrogen-bond donors (Lipinski definition) is 0. The third-order valence-electron chi connectivity index (χ3n) is 6.06. The van der Waals surface area contributed by atoms with E-state index >= 15 is 0 Å². The zero-order valence-corrected chi connectivity index (χ0v) is 17.6. The second-order valence-corrected chi connectivity index (χ2v) is 8.11. The number of rotatable bonds is 8. The summed E-state index contributed by atoms with van der Waals surface area (Å²) >= 11 is 0. The molecule has 0 N–H and O–H groups in total. The summed E-state index contributed by atoms with van der Waals surface area (Å²) in [5.74, 6) is -4.70. The Morgan fingerprint density at radius 3 is 2.27 bits per heavy atom. The van der Waals surface area contributed by atoms with E-state index in [1.165, 1.54) is 5.57 Å². The van der Waals surface area contributed by atoms with E-state index in [-0.39, 0.29) is 37.2 Å². The van der Waals surface area contributed by atoms with E-state index in [9.17, 15) is 17.6 Å².